The summed E-state index contributed by atoms with van der Waals surface area (Å²) in [6.45, 7) is 6.02. The van der Waals surface area contributed by atoms with Crippen LogP contribution in [0.2, 0.25) is 0 Å². The Hall–Kier alpha value is -1.39. The Balaban J connectivity index is 3.86. The molecule has 0 fully saturated rings. The van der Waals surface area contributed by atoms with Crippen molar-refractivity contribution in [2.45, 2.75) is 59.3 Å². The SMILES string of the molecule is CCCCCCNC(=O)CCN(C(C)=O)C(=O)CC. The first-order chi connectivity index (χ1) is 9.02. The van der Waals surface area contributed by atoms with E-state index in [-0.39, 0.29) is 37.1 Å². The predicted octanol–water partition coefficient (Wildman–Crippen LogP) is 1.86. The van der Waals surface area contributed by atoms with E-state index in [0.717, 1.165) is 17.7 Å². The van der Waals surface area contributed by atoms with E-state index in [1.54, 1.807) is 6.92 Å². The average molecular weight is 270 g/mol. The second-order valence-corrected chi connectivity index (χ2v) is 4.58. The number of unbranched alkanes of at least 4 members (excludes halogenated alkanes) is 3. The summed E-state index contributed by atoms with van der Waals surface area (Å²) in [6, 6.07) is 0. The highest BCUT2D eigenvalue weighted by atomic mass is 16.2. The van der Waals surface area contributed by atoms with E-state index in [2.05, 4.69) is 12.2 Å². The van der Waals surface area contributed by atoms with Gasteiger partial charge in [0.1, 0.15) is 0 Å². The van der Waals surface area contributed by atoms with Crippen molar-refractivity contribution in [3.05, 3.63) is 0 Å². The Labute approximate surface area is 115 Å². The van der Waals surface area contributed by atoms with Gasteiger partial charge < -0.3 is 5.32 Å². The quantitative estimate of drug-likeness (QED) is 0.650. The van der Waals surface area contributed by atoms with E-state index in [9.17, 15) is 14.4 Å². The molecular formula is C14H26N2O3. The van der Waals surface area contributed by atoms with Gasteiger partial charge in [-0.3, -0.25) is 19.3 Å². The van der Waals surface area contributed by atoms with Gasteiger partial charge in [0.15, 0.2) is 0 Å². The molecule has 0 bridgehead atoms. The predicted molar refractivity (Wildman–Crippen MR) is 74.5 cm³/mol. The zero-order chi connectivity index (χ0) is 14.7. The molecule has 0 aromatic carbocycles. The molecule has 0 radical (unpaired) electrons. The standard InChI is InChI=1S/C14H26N2O3/c1-4-6-7-8-10-15-13(18)9-11-16(12(3)17)14(19)5-2/h4-11H2,1-3H3,(H,15,18). The average Bonchev–Trinajstić information content (AvgIpc) is 2.37. The van der Waals surface area contributed by atoms with E-state index in [4.69, 9.17) is 0 Å². The molecule has 1 N–H and O–H groups in total. The molecule has 0 rings (SSSR count). The van der Waals surface area contributed by atoms with Gasteiger partial charge in [0.05, 0.1) is 0 Å². The summed E-state index contributed by atoms with van der Waals surface area (Å²) in [4.78, 5) is 35.4. The summed E-state index contributed by atoms with van der Waals surface area (Å²) in [6.07, 6.45) is 4.89. The van der Waals surface area contributed by atoms with Crippen molar-refractivity contribution < 1.29 is 14.4 Å². The monoisotopic (exact) mass is 270 g/mol. The number of hydrogen-bond donors (Lipinski definition) is 1. The molecule has 5 nitrogen and oxygen atoms in total. The van der Waals surface area contributed by atoms with Gasteiger partial charge in [-0.15, -0.1) is 0 Å². The molecule has 110 valence electrons. The highest BCUT2D eigenvalue weighted by Gasteiger charge is 2.16. The van der Waals surface area contributed by atoms with Crippen molar-refractivity contribution in [2.75, 3.05) is 13.1 Å². The minimum Gasteiger partial charge on any atom is -0.356 e. The van der Waals surface area contributed by atoms with Crippen LogP contribution in [-0.4, -0.2) is 35.7 Å². The van der Waals surface area contributed by atoms with E-state index in [1.165, 1.54) is 19.8 Å². The van der Waals surface area contributed by atoms with E-state index in [1.807, 2.05) is 0 Å². The van der Waals surface area contributed by atoms with Crippen LogP contribution in [-0.2, 0) is 14.4 Å². The van der Waals surface area contributed by atoms with Crippen LogP contribution in [0.1, 0.15) is 59.3 Å². The van der Waals surface area contributed by atoms with Crippen LogP contribution in [0.25, 0.3) is 0 Å². The Morgan fingerprint density at radius 2 is 1.74 bits per heavy atom. The number of amides is 3. The molecule has 0 aliphatic carbocycles. The first kappa shape index (κ1) is 17.6. The third kappa shape index (κ3) is 8.35. The van der Waals surface area contributed by atoms with Crippen molar-refractivity contribution in [1.82, 2.24) is 10.2 Å². The van der Waals surface area contributed by atoms with Gasteiger partial charge >= 0.3 is 0 Å². The lowest BCUT2D eigenvalue weighted by atomic mass is 10.2. The van der Waals surface area contributed by atoms with Gasteiger partial charge in [-0.05, 0) is 6.42 Å². The Kier molecular flexibility index (Phi) is 9.75. The molecule has 0 aliphatic rings. The molecule has 19 heavy (non-hydrogen) atoms. The van der Waals surface area contributed by atoms with Crippen LogP contribution in [0.5, 0.6) is 0 Å². The highest BCUT2D eigenvalue weighted by molar-refractivity contribution is 5.94. The summed E-state index contributed by atoms with van der Waals surface area (Å²) < 4.78 is 0. The third-order valence-electron chi connectivity index (χ3n) is 2.90. The van der Waals surface area contributed by atoms with Crippen LogP contribution in [0.4, 0.5) is 0 Å². The molecule has 0 aliphatic heterocycles. The van der Waals surface area contributed by atoms with Gasteiger partial charge in [0.25, 0.3) is 0 Å². The largest absolute Gasteiger partial charge is 0.356 e. The molecule has 3 amide bonds. The van der Waals surface area contributed by atoms with Gasteiger partial charge in [-0.25, -0.2) is 0 Å². The smallest absolute Gasteiger partial charge is 0.228 e. The first-order valence-corrected chi connectivity index (χ1v) is 7.10. The molecule has 0 heterocycles. The van der Waals surface area contributed by atoms with E-state index >= 15 is 0 Å². The fourth-order valence-electron chi connectivity index (χ4n) is 1.73. The second-order valence-electron chi connectivity index (χ2n) is 4.58. The van der Waals surface area contributed by atoms with Crippen molar-refractivity contribution >= 4 is 17.7 Å². The lowest BCUT2D eigenvalue weighted by Crippen LogP contribution is -2.38. The van der Waals surface area contributed by atoms with Crippen molar-refractivity contribution in [3.63, 3.8) is 0 Å². The Bertz CT molecular complexity index is 303. The molecule has 5 heteroatoms. The Morgan fingerprint density at radius 3 is 2.26 bits per heavy atom. The summed E-state index contributed by atoms with van der Waals surface area (Å²) in [5.41, 5.74) is 0. The number of rotatable bonds is 9. The van der Waals surface area contributed by atoms with Crippen LogP contribution in [0, 0.1) is 0 Å². The summed E-state index contributed by atoms with van der Waals surface area (Å²) in [5.74, 6) is -0.641. The van der Waals surface area contributed by atoms with Crippen LogP contribution >= 0.6 is 0 Å². The van der Waals surface area contributed by atoms with Crippen molar-refractivity contribution in [1.29, 1.82) is 0 Å². The van der Waals surface area contributed by atoms with Gasteiger partial charge in [-0.1, -0.05) is 33.1 Å². The van der Waals surface area contributed by atoms with Crippen LogP contribution in [0.3, 0.4) is 0 Å². The second kappa shape index (κ2) is 10.5. The highest BCUT2D eigenvalue weighted by Crippen LogP contribution is 1.99. The summed E-state index contributed by atoms with van der Waals surface area (Å²) in [5, 5.41) is 2.80. The maximum absolute atomic E-state index is 11.6. The summed E-state index contributed by atoms with van der Waals surface area (Å²) in [7, 11) is 0. The third-order valence-corrected chi connectivity index (χ3v) is 2.90. The Morgan fingerprint density at radius 1 is 1.05 bits per heavy atom. The minimum absolute atomic E-state index is 0.105. The lowest BCUT2D eigenvalue weighted by molar-refractivity contribution is -0.143. The van der Waals surface area contributed by atoms with Gasteiger partial charge in [0.2, 0.25) is 17.7 Å². The number of hydrogen-bond acceptors (Lipinski definition) is 3. The normalized spacial score (nSPS) is 10.1. The molecular weight excluding hydrogens is 244 g/mol. The van der Waals surface area contributed by atoms with Gasteiger partial charge in [-0.2, -0.15) is 0 Å². The van der Waals surface area contributed by atoms with Crippen molar-refractivity contribution in [3.8, 4) is 0 Å². The van der Waals surface area contributed by atoms with Gasteiger partial charge in [0, 0.05) is 32.9 Å². The number of nitrogens with zero attached hydrogens (tertiary/aromatic N) is 1. The number of carbonyl (C=O) groups excluding carboxylic acids is 3. The molecule has 0 saturated carbocycles. The topological polar surface area (TPSA) is 66.5 Å². The molecule has 0 aromatic rings. The van der Waals surface area contributed by atoms with Crippen LogP contribution in [0.15, 0.2) is 0 Å². The molecule has 0 spiro atoms. The summed E-state index contributed by atoms with van der Waals surface area (Å²) >= 11 is 0. The zero-order valence-corrected chi connectivity index (χ0v) is 12.3. The van der Waals surface area contributed by atoms with E-state index in [0.29, 0.717) is 6.54 Å². The molecule has 0 saturated heterocycles. The zero-order valence-electron chi connectivity index (χ0n) is 12.3. The number of nitrogens with one attached hydrogen (secondary N) is 1. The molecule has 0 unspecified atom stereocenters. The van der Waals surface area contributed by atoms with Crippen LogP contribution < -0.4 is 5.32 Å². The van der Waals surface area contributed by atoms with E-state index < -0.39 is 0 Å². The molecule has 0 aromatic heterocycles. The van der Waals surface area contributed by atoms with Crippen molar-refractivity contribution in [2.24, 2.45) is 0 Å². The fraction of sp³-hybridized carbons (Fsp3) is 0.786. The number of carbonyl (C=O) groups is 3. The fourth-order valence-corrected chi connectivity index (χ4v) is 1.73. The number of imide groups is 1. The maximum atomic E-state index is 11.6. The molecule has 0 atom stereocenters. The minimum atomic E-state index is -0.303. The maximum Gasteiger partial charge on any atom is 0.228 e. The lowest BCUT2D eigenvalue weighted by Gasteiger charge is -2.17. The first-order valence-electron chi connectivity index (χ1n) is 7.10.